The smallest absolute Gasteiger partial charge is 0.223 e. The highest BCUT2D eigenvalue weighted by Crippen LogP contribution is 2.31. The molecule has 1 aliphatic heterocycles. The lowest BCUT2D eigenvalue weighted by Gasteiger charge is -2.37. The van der Waals surface area contributed by atoms with Gasteiger partial charge in [-0.2, -0.15) is 0 Å². The maximum Gasteiger partial charge on any atom is 0.223 e. The van der Waals surface area contributed by atoms with Crippen molar-refractivity contribution in [1.29, 1.82) is 0 Å². The van der Waals surface area contributed by atoms with E-state index in [1.807, 2.05) is 6.07 Å². The van der Waals surface area contributed by atoms with Crippen molar-refractivity contribution in [3.8, 4) is 0 Å². The fourth-order valence-corrected chi connectivity index (χ4v) is 5.38. The molecule has 1 N–H and O–H groups in total. The predicted molar refractivity (Wildman–Crippen MR) is 122 cm³/mol. The van der Waals surface area contributed by atoms with E-state index in [1.165, 1.54) is 12.8 Å². The third kappa shape index (κ3) is 3.44. The SMILES string of the molecule is C[C@@H]1[C@H](C)CCC[C@@H]1NC(=O)C1CCN(c2nc3ccccc3n3cccc23)CC1. The number of para-hydroxylation sites is 2. The van der Waals surface area contributed by atoms with Crippen molar-refractivity contribution in [3.63, 3.8) is 0 Å². The van der Waals surface area contributed by atoms with Gasteiger partial charge in [-0.3, -0.25) is 4.79 Å². The zero-order valence-electron chi connectivity index (χ0n) is 18.1. The number of carbonyl (C=O) groups excluding carboxylic acids is 1. The molecule has 0 radical (unpaired) electrons. The van der Waals surface area contributed by atoms with Gasteiger partial charge in [0, 0.05) is 31.2 Å². The van der Waals surface area contributed by atoms with Gasteiger partial charge < -0.3 is 14.6 Å². The second-order valence-electron chi connectivity index (χ2n) is 9.33. The number of nitrogens with zero attached hydrogens (tertiary/aromatic N) is 3. The summed E-state index contributed by atoms with van der Waals surface area (Å²) in [6.07, 6.45) is 7.54. The fourth-order valence-electron chi connectivity index (χ4n) is 5.38. The molecule has 1 saturated carbocycles. The Hall–Kier alpha value is -2.56. The molecule has 5 rings (SSSR count). The Bertz CT molecular complexity index is 1050. The van der Waals surface area contributed by atoms with Gasteiger partial charge in [-0.05, 0) is 55.4 Å². The van der Waals surface area contributed by atoms with Crippen molar-refractivity contribution in [2.24, 2.45) is 17.8 Å². The molecule has 1 saturated heterocycles. The van der Waals surface area contributed by atoms with Crippen LogP contribution in [0.3, 0.4) is 0 Å². The molecule has 1 aromatic carbocycles. The molecule has 0 spiro atoms. The number of aromatic nitrogens is 2. The van der Waals surface area contributed by atoms with E-state index in [4.69, 9.17) is 4.98 Å². The number of nitrogens with one attached hydrogen (secondary N) is 1. The van der Waals surface area contributed by atoms with Crippen LogP contribution in [-0.4, -0.2) is 34.4 Å². The Morgan fingerprint density at radius 2 is 1.77 bits per heavy atom. The average Bonchev–Trinajstić information content (AvgIpc) is 3.27. The molecule has 2 fully saturated rings. The zero-order valence-corrected chi connectivity index (χ0v) is 18.1. The summed E-state index contributed by atoms with van der Waals surface area (Å²) < 4.78 is 2.22. The Kier molecular flexibility index (Phi) is 5.13. The van der Waals surface area contributed by atoms with Crippen molar-refractivity contribution in [3.05, 3.63) is 42.6 Å². The topological polar surface area (TPSA) is 49.6 Å². The van der Waals surface area contributed by atoms with Gasteiger partial charge in [0.2, 0.25) is 5.91 Å². The largest absolute Gasteiger partial charge is 0.355 e. The van der Waals surface area contributed by atoms with Crippen LogP contribution in [0, 0.1) is 17.8 Å². The number of rotatable bonds is 3. The third-order valence-electron chi connectivity index (χ3n) is 7.55. The van der Waals surface area contributed by atoms with E-state index >= 15 is 0 Å². The number of piperidine rings is 1. The molecule has 2 aromatic heterocycles. The molecule has 2 aliphatic rings. The van der Waals surface area contributed by atoms with Crippen LogP contribution in [0.5, 0.6) is 0 Å². The van der Waals surface area contributed by atoms with E-state index in [0.29, 0.717) is 17.9 Å². The van der Waals surface area contributed by atoms with Crippen molar-refractivity contribution in [1.82, 2.24) is 14.7 Å². The highest BCUT2D eigenvalue weighted by molar-refractivity contribution is 5.85. The maximum atomic E-state index is 13.0. The first-order valence-electron chi connectivity index (χ1n) is 11.5. The quantitative estimate of drug-likeness (QED) is 0.692. The van der Waals surface area contributed by atoms with Crippen molar-refractivity contribution in [2.45, 2.75) is 52.0 Å². The van der Waals surface area contributed by atoms with Crippen molar-refractivity contribution < 1.29 is 4.79 Å². The molecule has 1 aliphatic carbocycles. The van der Waals surface area contributed by atoms with Gasteiger partial charge in [0.15, 0.2) is 5.82 Å². The van der Waals surface area contributed by atoms with Gasteiger partial charge in [0.25, 0.3) is 0 Å². The molecule has 158 valence electrons. The minimum Gasteiger partial charge on any atom is -0.355 e. The van der Waals surface area contributed by atoms with Crippen LogP contribution in [0.1, 0.15) is 46.0 Å². The number of hydrogen-bond acceptors (Lipinski definition) is 3. The predicted octanol–water partition coefficient (Wildman–Crippen LogP) is 4.64. The molecular weight excluding hydrogens is 372 g/mol. The van der Waals surface area contributed by atoms with E-state index in [-0.39, 0.29) is 11.8 Å². The van der Waals surface area contributed by atoms with Crippen LogP contribution >= 0.6 is 0 Å². The summed E-state index contributed by atoms with van der Waals surface area (Å²) in [5.41, 5.74) is 3.28. The van der Waals surface area contributed by atoms with Crippen LogP contribution < -0.4 is 10.2 Å². The summed E-state index contributed by atoms with van der Waals surface area (Å²) in [5.74, 6) is 2.70. The number of hydrogen-bond donors (Lipinski definition) is 1. The van der Waals surface area contributed by atoms with Gasteiger partial charge in [-0.1, -0.05) is 38.8 Å². The van der Waals surface area contributed by atoms with Crippen molar-refractivity contribution in [2.75, 3.05) is 18.0 Å². The lowest BCUT2D eigenvalue weighted by atomic mass is 9.78. The van der Waals surface area contributed by atoms with Gasteiger partial charge in [0.1, 0.15) is 0 Å². The second kappa shape index (κ2) is 7.93. The fraction of sp³-hybridized carbons (Fsp3) is 0.520. The molecule has 0 unspecified atom stereocenters. The summed E-state index contributed by atoms with van der Waals surface area (Å²) in [6, 6.07) is 12.9. The second-order valence-corrected chi connectivity index (χ2v) is 9.33. The monoisotopic (exact) mass is 404 g/mol. The average molecular weight is 405 g/mol. The first kappa shape index (κ1) is 19.4. The summed E-state index contributed by atoms with van der Waals surface area (Å²) in [6.45, 7) is 6.37. The number of anilines is 1. The van der Waals surface area contributed by atoms with E-state index in [1.54, 1.807) is 0 Å². The summed E-state index contributed by atoms with van der Waals surface area (Å²) >= 11 is 0. The van der Waals surface area contributed by atoms with Crippen molar-refractivity contribution >= 4 is 28.3 Å². The molecular formula is C25H32N4O. The van der Waals surface area contributed by atoms with E-state index < -0.39 is 0 Å². The van der Waals surface area contributed by atoms with Crippen LogP contribution in [-0.2, 0) is 4.79 Å². The summed E-state index contributed by atoms with van der Waals surface area (Å²) in [7, 11) is 0. The van der Waals surface area contributed by atoms with Gasteiger partial charge in [-0.25, -0.2) is 4.98 Å². The van der Waals surface area contributed by atoms with Crippen LogP contribution in [0.2, 0.25) is 0 Å². The highest BCUT2D eigenvalue weighted by Gasteiger charge is 2.32. The van der Waals surface area contributed by atoms with Crippen LogP contribution in [0.4, 0.5) is 5.82 Å². The number of carbonyl (C=O) groups is 1. The summed E-state index contributed by atoms with van der Waals surface area (Å²) in [4.78, 5) is 20.3. The zero-order chi connectivity index (χ0) is 20.7. The van der Waals surface area contributed by atoms with E-state index in [2.05, 4.69) is 65.0 Å². The van der Waals surface area contributed by atoms with Gasteiger partial charge in [-0.15, -0.1) is 0 Å². The Balaban J connectivity index is 1.29. The van der Waals surface area contributed by atoms with E-state index in [9.17, 15) is 4.79 Å². The van der Waals surface area contributed by atoms with E-state index in [0.717, 1.165) is 54.7 Å². The number of fused-ring (bicyclic) bond motifs is 3. The Morgan fingerprint density at radius 1 is 1.00 bits per heavy atom. The minimum atomic E-state index is 0.119. The number of benzene rings is 1. The lowest BCUT2D eigenvalue weighted by molar-refractivity contribution is -0.127. The third-order valence-corrected chi connectivity index (χ3v) is 7.55. The molecule has 5 nitrogen and oxygen atoms in total. The molecule has 3 heterocycles. The van der Waals surface area contributed by atoms with Gasteiger partial charge in [0.05, 0.1) is 16.6 Å². The van der Waals surface area contributed by atoms with Gasteiger partial charge >= 0.3 is 0 Å². The standard InChI is InChI=1S/C25H32N4O/c1-17-7-5-9-20(18(17)2)27-25(30)19-12-15-28(16-13-19)24-23-11-6-14-29(23)22-10-4-3-8-21(22)26-24/h3-4,6,8,10-11,14,17-20H,5,7,9,12-13,15-16H2,1-2H3,(H,27,30)/t17-,18-,20+/m1/s1. The first-order valence-corrected chi connectivity index (χ1v) is 11.5. The molecule has 3 atom stereocenters. The minimum absolute atomic E-state index is 0.119. The lowest BCUT2D eigenvalue weighted by Crippen LogP contribution is -2.48. The molecule has 1 amide bonds. The van der Waals surface area contributed by atoms with Crippen LogP contribution in [0.25, 0.3) is 16.6 Å². The normalized spacial score (nSPS) is 25.7. The first-order chi connectivity index (χ1) is 14.6. The summed E-state index contributed by atoms with van der Waals surface area (Å²) in [5, 5.41) is 3.40. The Labute approximate surface area is 178 Å². The molecule has 3 aromatic rings. The number of amides is 1. The molecule has 30 heavy (non-hydrogen) atoms. The highest BCUT2D eigenvalue weighted by atomic mass is 16.2. The maximum absolute atomic E-state index is 13.0. The molecule has 0 bridgehead atoms. The molecule has 5 heteroatoms. The Morgan fingerprint density at radius 3 is 2.60 bits per heavy atom. The van der Waals surface area contributed by atoms with Crippen LogP contribution in [0.15, 0.2) is 42.6 Å².